The van der Waals surface area contributed by atoms with Crippen molar-refractivity contribution in [3.8, 4) is 11.4 Å². The summed E-state index contributed by atoms with van der Waals surface area (Å²) in [6, 6.07) is 7.26. The topological polar surface area (TPSA) is 82.5 Å². The minimum Gasteiger partial charge on any atom is -0.337 e. The molecule has 8 heteroatoms. The van der Waals surface area contributed by atoms with Crippen LogP contribution in [-0.2, 0) is 6.54 Å². The average molecular weight is 277 g/mol. The molecule has 19 heavy (non-hydrogen) atoms. The van der Waals surface area contributed by atoms with Gasteiger partial charge in [0.2, 0.25) is 11.7 Å². The van der Waals surface area contributed by atoms with E-state index in [-0.39, 0.29) is 6.54 Å². The lowest BCUT2D eigenvalue weighted by atomic mass is 10.2. The molecule has 2 aromatic heterocycles. The second-order valence-electron chi connectivity index (χ2n) is 3.89. The molecule has 0 bridgehead atoms. The minimum absolute atomic E-state index is 0.286. The largest absolute Gasteiger partial charge is 0.337 e. The lowest BCUT2D eigenvalue weighted by molar-refractivity contribution is 0.353. The molecule has 0 atom stereocenters. The van der Waals surface area contributed by atoms with E-state index in [0.29, 0.717) is 22.6 Å². The molecule has 3 rings (SSSR count). The van der Waals surface area contributed by atoms with Gasteiger partial charge in [0.05, 0.1) is 0 Å². The Morgan fingerprint density at radius 1 is 1.37 bits per heavy atom. The minimum atomic E-state index is 0.286. The van der Waals surface area contributed by atoms with Crippen molar-refractivity contribution in [2.75, 3.05) is 0 Å². The van der Waals surface area contributed by atoms with E-state index < -0.39 is 0 Å². The summed E-state index contributed by atoms with van der Waals surface area (Å²) < 4.78 is 4.99. The van der Waals surface area contributed by atoms with Crippen LogP contribution >= 0.6 is 11.6 Å². The molecule has 7 nitrogen and oxygen atoms in total. The first kappa shape index (κ1) is 11.8. The van der Waals surface area contributed by atoms with Gasteiger partial charge in [0, 0.05) is 10.6 Å². The Bertz CT molecular complexity index is 707. The van der Waals surface area contributed by atoms with E-state index in [4.69, 9.17) is 16.1 Å². The summed E-state index contributed by atoms with van der Waals surface area (Å²) in [6.45, 7) is 2.04. The van der Waals surface area contributed by atoms with Gasteiger partial charge in [0.1, 0.15) is 6.54 Å². The molecule has 0 aliphatic carbocycles. The number of benzene rings is 1. The number of aryl methyl sites for hydroxylation is 1. The van der Waals surface area contributed by atoms with Crippen molar-refractivity contribution in [1.82, 2.24) is 30.3 Å². The van der Waals surface area contributed by atoms with Crippen LogP contribution in [0, 0.1) is 6.92 Å². The molecule has 2 heterocycles. The molecule has 0 spiro atoms. The van der Waals surface area contributed by atoms with Gasteiger partial charge in [-0.1, -0.05) is 28.9 Å². The van der Waals surface area contributed by atoms with Crippen LogP contribution in [0.15, 0.2) is 28.8 Å². The van der Waals surface area contributed by atoms with Gasteiger partial charge in [0.25, 0.3) is 0 Å². The van der Waals surface area contributed by atoms with Crippen LogP contribution in [0.3, 0.4) is 0 Å². The van der Waals surface area contributed by atoms with E-state index in [2.05, 4.69) is 25.6 Å². The highest BCUT2D eigenvalue weighted by atomic mass is 35.5. The van der Waals surface area contributed by atoms with Crippen molar-refractivity contribution in [2.45, 2.75) is 13.5 Å². The molecule has 0 fully saturated rings. The molecule has 3 aromatic rings. The van der Waals surface area contributed by atoms with Crippen LogP contribution in [-0.4, -0.2) is 30.3 Å². The molecule has 0 N–H and O–H groups in total. The summed E-state index contributed by atoms with van der Waals surface area (Å²) in [5.41, 5.74) is 0.806. The highest BCUT2D eigenvalue weighted by molar-refractivity contribution is 6.30. The molecular formula is C11H9ClN6O. The van der Waals surface area contributed by atoms with Crippen molar-refractivity contribution >= 4 is 11.6 Å². The average Bonchev–Trinajstić information content (AvgIpc) is 2.99. The fraction of sp³-hybridized carbons (Fsp3) is 0.182. The lowest BCUT2D eigenvalue weighted by Crippen LogP contribution is -2.04. The summed E-state index contributed by atoms with van der Waals surface area (Å²) in [7, 11) is 0. The first-order chi connectivity index (χ1) is 9.20. The van der Waals surface area contributed by atoms with Crippen molar-refractivity contribution in [1.29, 1.82) is 0 Å². The quantitative estimate of drug-likeness (QED) is 0.724. The number of aromatic nitrogens is 6. The van der Waals surface area contributed by atoms with Crippen LogP contribution < -0.4 is 0 Å². The zero-order valence-electron chi connectivity index (χ0n) is 9.99. The fourth-order valence-electron chi connectivity index (χ4n) is 1.58. The Morgan fingerprint density at radius 3 is 3.00 bits per heavy atom. The van der Waals surface area contributed by atoms with E-state index in [9.17, 15) is 0 Å². The Kier molecular flexibility index (Phi) is 2.96. The molecule has 96 valence electrons. The van der Waals surface area contributed by atoms with Gasteiger partial charge in [-0.25, -0.2) is 0 Å². The zero-order valence-corrected chi connectivity index (χ0v) is 10.7. The first-order valence-electron chi connectivity index (χ1n) is 5.53. The third kappa shape index (κ3) is 2.60. The summed E-state index contributed by atoms with van der Waals surface area (Å²) >= 11 is 5.92. The lowest BCUT2D eigenvalue weighted by Gasteiger charge is -1.94. The van der Waals surface area contributed by atoms with E-state index >= 15 is 0 Å². The predicted octanol–water partition coefficient (Wildman–Crippen LogP) is 1.73. The highest BCUT2D eigenvalue weighted by Crippen LogP contribution is 2.18. The summed E-state index contributed by atoms with van der Waals surface area (Å²) in [5, 5.41) is 16.5. The maximum absolute atomic E-state index is 5.92. The van der Waals surface area contributed by atoms with Crippen molar-refractivity contribution in [3.63, 3.8) is 0 Å². The second kappa shape index (κ2) is 4.77. The molecular weight excluding hydrogens is 268 g/mol. The first-order valence-corrected chi connectivity index (χ1v) is 5.91. The zero-order chi connectivity index (χ0) is 13.2. The van der Waals surface area contributed by atoms with E-state index in [1.165, 1.54) is 4.80 Å². The van der Waals surface area contributed by atoms with Gasteiger partial charge in [0.15, 0.2) is 5.82 Å². The molecule has 0 saturated carbocycles. The van der Waals surface area contributed by atoms with Crippen LogP contribution in [0.2, 0.25) is 5.02 Å². The van der Waals surface area contributed by atoms with Crippen molar-refractivity contribution in [3.05, 3.63) is 41.0 Å². The number of rotatable bonds is 3. The number of halogens is 1. The maximum atomic E-state index is 5.92. The standard InChI is InChI=1S/C11H9ClN6O/c1-7-13-10(19-16-7)6-18-15-11(14-17-18)8-3-2-4-9(12)5-8/h2-5H,6H2,1H3. The predicted molar refractivity (Wildman–Crippen MR) is 66.4 cm³/mol. The van der Waals surface area contributed by atoms with Gasteiger partial charge in [-0.15, -0.1) is 10.2 Å². The number of nitrogens with zero attached hydrogens (tertiary/aromatic N) is 6. The van der Waals surface area contributed by atoms with Crippen LogP contribution in [0.1, 0.15) is 11.7 Å². The van der Waals surface area contributed by atoms with Crippen LogP contribution in [0.4, 0.5) is 0 Å². The van der Waals surface area contributed by atoms with Gasteiger partial charge in [-0.2, -0.15) is 9.78 Å². The third-order valence-electron chi connectivity index (χ3n) is 2.38. The maximum Gasteiger partial charge on any atom is 0.250 e. The summed E-state index contributed by atoms with van der Waals surface area (Å²) in [6.07, 6.45) is 0. The smallest absolute Gasteiger partial charge is 0.250 e. The van der Waals surface area contributed by atoms with Crippen LogP contribution in [0.25, 0.3) is 11.4 Å². The Morgan fingerprint density at radius 2 is 2.26 bits per heavy atom. The molecule has 0 unspecified atom stereocenters. The van der Waals surface area contributed by atoms with Gasteiger partial charge in [-0.05, 0) is 24.3 Å². The molecule has 0 amide bonds. The number of hydrogen-bond donors (Lipinski definition) is 0. The van der Waals surface area contributed by atoms with E-state index in [1.54, 1.807) is 19.1 Å². The molecule has 1 aromatic carbocycles. The van der Waals surface area contributed by atoms with Gasteiger partial charge in [-0.3, -0.25) is 0 Å². The number of tetrazole rings is 1. The third-order valence-corrected chi connectivity index (χ3v) is 2.62. The van der Waals surface area contributed by atoms with E-state index in [0.717, 1.165) is 5.56 Å². The second-order valence-corrected chi connectivity index (χ2v) is 4.33. The fourth-order valence-corrected chi connectivity index (χ4v) is 1.77. The normalized spacial score (nSPS) is 10.8. The van der Waals surface area contributed by atoms with Gasteiger partial charge >= 0.3 is 0 Å². The Labute approximate surface area is 113 Å². The molecule has 0 radical (unpaired) electrons. The Hall–Kier alpha value is -2.28. The van der Waals surface area contributed by atoms with E-state index in [1.807, 2.05) is 12.1 Å². The highest BCUT2D eigenvalue weighted by Gasteiger charge is 2.09. The molecule has 0 saturated heterocycles. The van der Waals surface area contributed by atoms with Crippen molar-refractivity contribution in [2.24, 2.45) is 0 Å². The Balaban J connectivity index is 1.83. The van der Waals surface area contributed by atoms with Crippen LogP contribution in [0.5, 0.6) is 0 Å². The summed E-state index contributed by atoms with van der Waals surface area (Å²) in [5.74, 6) is 1.51. The molecule has 0 aliphatic heterocycles. The molecule has 0 aliphatic rings. The SMILES string of the molecule is Cc1noc(Cn2nnc(-c3cccc(Cl)c3)n2)n1. The number of hydrogen-bond acceptors (Lipinski definition) is 6. The van der Waals surface area contributed by atoms with Crippen molar-refractivity contribution < 1.29 is 4.52 Å². The summed E-state index contributed by atoms with van der Waals surface area (Å²) in [4.78, 5) is 5.47. The monoisotopic (exact) mass is 276 g/mol. The van der Waals surface area contributed by atoms with Gasteiger partial charge < -0.3 is 4.52 Å².